The summed E-state index contributed by atoms with van der Waals surface area (Å²) in [4.78, 5) is 3.93. The molecule has 0 spiro atoms. The summed E-state index contributed by atoms with van der Waals surface area (Å²) in [5.74, 6) is 1.16. The zero-order valence-electron chi connectivity index (χ0n) is 9.91. The Hall–Kier alpha value is -0.960. The molecule has 0 amide bonds. The van der Waals surface area contributed by atoms with Gasteiger partial charge in [-0.3, -0.25) is 4.98 Å². The molecule has 1 N–H and O–H groups in total. The van der Waals surface area contributed by atoms with Crippen LogP contribution in [0.3, 0.4) is 0 Å². The lowest BCUT2D eigenvalue weighted by Gasteiger charge is -2.23. The zero-order chi connectivity index (χ0) is 11.5. The lowest BCUT2D eigenvalue weighted by molar-refractivity contribution is 0.377. The molecule has 1 aromatic rings. The normalized spacial score (nSPS) is 26.9. The largest absolute Gasteiger partial charge is 0.313 e. The van der Waals surface area contributed by atoms with E-state index < -0.39 is 0 Å². The Morgan fingerprint density at radius 1 is 1.44 bits per heavy atom. The maximum atomic E-state index is 13.1. The topological polar surface area (TPSA) is 24.9 Å². The lowest BCUT2D eigenvalue weighted by Crippen LogP contribution is -2.24. The highest BCUT2D eigenvalue weighted by molar-refractivity contribution is 5.16. The van der Waals surface area contributed by atoms with Crippen LogP contribution in [0.1, 0.15) is 37.8 Å². The molecule has 1 heterocycles. The molecule has 3 unspecified atom stereocenters. The second-order valence-corrected chi connectivity index (χ2v) is 4.88. The molecule has 1 saturated carbocycles. The van der Waals surface area contributed by atoms with Gasteiger partial charge >= 0.3 is 0 Å². The average Bonchev–Trinajstić information content (AvgIpc) is 2.66. The van der Waals surface area contributed by atoms with Gasteiger partial charge in [0, 0.05) is 12.2 Å². The quantitative estimate of drug-likeness (QED) is 0.850. The molecule has 1 fully saturated rings. The molecule has 3 atom stereocenters. The Morgan fingerprint density at radius 3 is 2.81 bits per heavy atom. The second-order valence-electron chi connectivity index (χ2n) is 4.88. The first-order valence-electron chi connectivity index (χ1n) is 5.98. The number of aromatic nitrogens is 1. The van der Waals surface area contributed by atoms with Crippen molar-refractivity contribution < 1.29 is 4.39 Å². The van der Waals surface area contributed by atoms with Gasteiger partial charge in [0.1, 0.15) is 5.82 Å². The number of nitrogens with one attached hydrogen (secondary N) is 1. The van der Waals surface area contributed by atoms with E-state index in [-0.39, 0.29) is 11.9 Å². The summed E-state index contributed by atoms with van der Waals surface area (Å²) < 4.78 is 13.1. The van der Waals surface area contributed by atoms with Crippen LogP contribution in [-0.4, -0.2) is 12.0 Å². The minimum absolute atomic E-state index is 0.244. The molecule has 2 nitrogen and oxygen atoms in total. The molecule has 1 aromatic heterocycles. The fourth-order valence-corrected chi connectivity index (χ4v) is 2.83. The molecule has 0 aliphatic heterocycles. The lowest BCUT2D eigenvalue weighted by atomic mass is 9.92. The maximum absolute atomic E-state index is 13.1. The number of rotatable bonds is 3. The highest BCUT2D eigenvalue weighted by Crippen LogP contribution is 2.38. The minimum Gasteiger partial charge on any atom is -0.313 e. The first kappa shape index (κ1) is 11.5. The zero-order valence-corrected chi connectivity index (χ0v) is 9.91. The van der Waals surface area contributed by atoms with Gasteiger partial charge in [-0.1, -0.05) is 13.3 Å². The minimum atomic E-state index is -0.246. The van der Waals surface area contributed by atoms with Gasteiger partial charge in [0.15, 0.2) is 0 Å². The number of nitrogens with zero attached hydrogens (tertiary/aromatic N) is 1. The second kappa shape index (κ2) is 4.91. The van der Waals surface area contributed by atoms with Crippen molar-refractivity contribution in [2.45, 2.75) is 32.2 Å². The van der Waals surface area contributed by atoms with Crippen LogP contribution in [0.15, 0.2) is 18.5 Å². The smallest absolute Gasteiger partial charge is 0.141 e. The monoisotopic (exact) mass is 222 g/mol. The summed E-state index contributed by atoms with van der Waals surface area (Å²) in [5, 5.41) is 3.30. The van der Waals surface area contributed by atoms with E-state index >= 15 is 0 Å². The summed E-state index contributed by atoms with van der Waals surface area (Å²) >= 11 is 0. The van der Waals surface area contributed by atoms with Crippen LogP contribution in [0.5, 0.6) is 0 Å². The summed E-state index contributed by atoms with van der Waals surface area (Å²) in [6.45, 7) is 2.29. The van der Waals surface area contributed by atoms with E-state index in [0.29, 0.717) is 5.92 Å². The summed E-state index contributed by atoms with van der Waals surface area (Å²) in [6.07, 6.45) is 6.76. The Bertz CT molecular complexity index is 354. The van der Waals surface area contributed by atoms with E-state index in [1.165, 1.54) is 25.5 Å². The van der Waals surface area contributed by atoms with Crippen molar-refractivity contribution in [2.75, 3.05) is 7.05 Å². The van der Waals surface area contributed by atoms with Crippen molar-refractivity contribution in [1.29, 1.82) is 0 Å². The summed E-state index contributed by atoms with van der Waals surface area (Å²) in [7, 11) is 1.94. The number of pyridine rings is 1. The molecular weight excluding hydrogens is 203 g/mol. The van der Waals surface area contributed by atoms with Crippen LogP contribution < -0.4 is 5.32 Å². The van der Waals surface area contributed by atoms with Crippen molar-refractivity contribution in [3.05, 3.63) is 29.8 Å². The number of halogens is 1. The molecule has 16 heavy (non-hydrogen) atoms. The van der Waals surface area contributed by atoms with Crippen LogP contribution in [-0.2, 0) is 0 Å². The average molecular weight is 222 g/mol. The summed E-state index contributed by atoms with van der Waals surface area (Å²) in [6, 6.07) is 1.84. The van der Waals surface area contributed by atoms with Crippen LogP contribution in [0.4, 0.5) is 4.39 Å². The summed E-state index contributed by atoms with van der Waals surface area (Å²) in [5.41, 5.74) is 0.974. The molecule has 1 aliphatic carbocycles. The third-order valence-corrected chi connectivity index (χ3v) is 3.60. The molecule has 0 saturated heterocycles. The molecule has 3 heteroatoms. The third kappa shape index (κ3) is 2.40. The van der Waals surface area contributed by atoms with Crippen molar-refractivity contribution in [3.63, 3.8) is 0 Å². The van der Waals surface area contributed by atoms with Gasteiger partial charge in [0.25, 0.3) is 0 Å². The van der Waals surface area contributed by atoms with E-state index in [0.717, 1.165) is 11.5 Å². The fraction of sp³-hybridized carbons (Fsp3) is 0.615. The van der Waals surface area contributed by atoms with E-state index in [1.54, 1.807) is 12.3 Å². The Balaban J connectivity index is 2.16. The molecule has 2 rings (SSSR count). The molecule has 0 radical (unpaired) electrons. The van der Waals surface area contributed by atoms with Crippen molar-refractivity contribution in [2.24, 2.45) is 11.8 Å². The third-order valence-electron chi connectivity index (χ3n) is 3.60. The van der Waals surface area contributed by atoms with Crippen LogP contribution in [0.2, 0.25) is 0 Å². The van der Waals surface area contributed by atoms with Gasteiger partial charge in [-0.2, -0.15) is 0 Å². The molecular formula is C13H19FN2. The van der Waals surface area contributed by atoms with Crippen molar-refractivity contribution >= 4 is 0 Å². The van der Waals surface area contributed by atoms with Crippen LogP contribution in [0.25, 0.3) is 0 Å². The Morgan fingerprint density at radius 2 is 2.25 bits per heavy atom. The maximum Gasteiger partial charge on any atom is 0.141 e. The van der Waals surface area contributed by atoms with E-state index in [1.807, 2.05) is 7.05 Å². The highest BCUT2D eigenvalue weighted by atomic mass is 19.1. The molecule has 0 bridgehead atoms. The van der Waals surface area contributed by atoms with Gasteiger partial charge in [-0.15, -0.1) is 0 Å². The molecule has 88 valence electrons. The highest BCUT2D eigenvalue weighted by Gasteiger charge is 2.29. The molecule has 1 aliphatic rings. The predicted molar refractivity (Wildman–Crippen MR) is 62.5 cm³/mol. The van der Waals surface area contributed by atoms with Gasteiger partial charge in [-0.05, 0) is 43.4 Å². The first-order valence-corrected chi connectivity index (χ1v) is 5.98. The Kier molecular flexibility index (Phi) is 3.54. The first-order chi connectivity index (χ1) is 7.70. The fourth-order valence-electron chi connectivity index (χ4n) is 2.83. The standard InChI is InChI=1S/C13H19FN2/c1-9-3-4-10(5-9)13(15-2)11-6-12(14)8-16-7-11/h6-10,13,15H,3-5H2,1-2H3. The van der Waals surface area contributed by atoms with Crippen LogP contribution >= 0.6 is 0 Å². The number of hydrogen-bond donors (Lipinski definition) is 1. The van der Waals surface area contributed by atoms with Gasteiger partial charge in [0.05, 0.1) is 6.20 Å². The Labute approximate surface area is 96.3 Å². The van der Waals surface area contributed by atoms with Crippen LogP contribution in [0, 0.1) is 17.7 Å². The van der Waals surface area contributed by atoms with E-state index in [2.05, 4.69) is 17.2 Å². The van der Waals surface area contributed by atoms with Crippen molar-refractivity contribution in [1.82, 2.24) is 10.3 Å². The predicted octanol–water partition coefficient (Wildman–Crippen LogP) is 2.92. The van der Waals surface area contributed by atoms with Crippen molar-refractivity contribution in [3.8, 4) is 0 Å². The molecule has 0 aromatic carbocycles. The van der Waals surface area contributed by atoms with E-state index in [9.17, 15) is 4.39 Å². The number of hydrogen-bond acceptors (Lipinski definition) is 2. The van der Waals surface area contributed by atoms with Gasteiger partial charge in [-0.25, -0.2) is 4.39 Å². The SMILES string of the molecule is CNC(c1cncc(F)c1)C1CCC(C)C1. The van der Waals surface area contributed by atoms with Gasteiger partial charge < -0.3 is 5.32 Å². The van der Waals surface area contributed by atoms with E-state index in [4.69, 9.17) is 0 Å². The van der Waals surface area contributed by atoms with Gasteiger partial charge in [0.2, 0.25) is 0 Å².